The topological polar surface area (TPSA) is 76.6 Å². The van der Waals surface area contributed by atoms with Gasteiger partial charge in [0.05, 0.1) is 27.7 Å². The van der Waals surface area contributed by atoms with Gasteiger partial charge in [-0.25, -0.2) is 9.78 Å². The van der Waals surface area contributed by atoms with Gasteiger partial charge in [0.25, 0.3) is 0 Å². The second kappa shape index (κ2) is 6.23. The normalized spacial score (nSPS) is 14.5. The molecule has 1 aromatic heterocycles. The van der Waals surface area contributed by atoms with Crippen LogP contribution in [0.1, 0.15) is 29.6 Å². The fourth-order valence-corrected chi connectivity index (χ4v) is 3.06. The van der Waals surface area contributed by atoms with Crippen LogP contribution in [0.3, 0.4) is 0 Å². The molecule has 0 atom stereocenters. The van der Waals surface area contributed by atoms with E-state index in [1.165, 1.54) is 16.2 Å². The van der Waals surface area contributed by atoms with Crippen molar-refractivity contribution in [3.63, 3.8) is 0 Å². The smallest absolute Gasteiger partial charge is 0.338 e. The van der Waals surface area contributed by atoms with E-state index in [-0.39, 0.29) is 24.8 Å². The van der Waals surface area contributed by atoms with Crippen LogP contribution in [-0.2, 0) is 14.3 Å². The number of fused-ring (bicyclic) bond motifs is 1. The van der Waals surface area contributed by atoms with Gasteiger partial charge in [0, 0.05) is 13.0 Å². The Morgan fingerprint density at radius 2 is 2.23 bits per heavy atom. The largest absolute Gasteiger partial charge is 0.462 e. The third-order valence-electron chi connectivity index (χ3n) is 3.49. The van der Waals surface area contributed by atoms with Gasteiger partial charge in [-0.3, -0.25) is 14.5 Å². The van der Waals surface area contributed by atoms with Gasteiger partial charge in [0.1, 0.15) is 6.61 Å². The maximum atomic E-state index is 11.9. The van der Waals surface area contributed by atoms with Crippen molar-refractivity contribution in [2.75, 3.05) is 13.2 Å². The first-order valence-electron chi connectivity index (χ1n) is 6.99. The summed E-state index contributed by atoms with van der Waals surface area (Å²) in [5.41, 5.74) is 2.98. The number of likely N-dealkylation sites (tertiary alicyclic amines) is 1. The van der Waals surface area contributed by atoms with E-state index < -0.39 is 5.97 Å². The van der Waals surface area contributed by atoms with E-state index >= 15 is 0 Å². The SMILES string of the molecule is O=C(OCCC(=O)N1CCCC1=O)c1ccc2ncsc2c1. The summed E-state index contributed by atoms with van der Waals surface area (Å²) in [5.74, 6) is -0.906. The lowest BCUT2D eigenvalue weighted by Crippen LogP contribution is -2.32. The maximum Gasteiger partial charge on any atom is 0.338 e. The number of rotatable bonds is 4. The molecule has 1 aromatic carbocycles. The number of carbonyl (C=O) groups excluding carboxylic acids is 3. The van der Waals surface area contributed by atoms with Gasteiger partial charge in [-0.2, -0.15) is 0 Å². The summed E-state index contributed by atoms with van der Waals surface area (Å²) in [4.78, 5) is 40.6. The maximum absolute atomic E-state index is 11.9. The van der Waals surface area contributed by atoms with E-state index in [1.54, 1.807) is 23.7 Å². The zero-order valence-electron chi connectivity index (χ0n) is 11.8. The van der Waals surface area contributed by atoms with Crippen LogP contribution in [0.15, 0.2) is 23.7 Å². The van der Waals surface area contributed by atoms with Crippen LogP contribution in [0, 0.1) is 0 Å². The Balaban J connectivity index is 1.53. The minimum atomic E-state index is -0.476. The molecule has 0 saturated carbocycles. The second-order valence-corrected chi connectivity index (χ2v) is 5.85. The summed E-state index contributed by atoms with van der Waals surface area (Å²) >= 11 is 1.45. The highest BCUT2D eigenvalue weighted by Crippen LogP contribution is 2.19. The number of aromatic nitrogens is 1. The average Bonchev–Trinajstić information content (AvgIpc) is 3.14. The molecule has 0 spiro atoms. The molecular weight excluding hydrogens is 304 g/mol. The van der Waals surface area contributed by atoms with Crippen molar-refractivity contribution in [3.05, 3.63) is 29.3 Å². The summed E-state index contributed by atoms with van der Waals surface area (Å²) in [6.45, 7) is 0.440. The van der Waals surface area contributed by atoms with Gasteiger partial charge in [-0.05, 0) is 24.6 Å². The second-order valence-electron chi connectivity index (χ2n) is 4.96. The standard InChI is InChI=1S/C15H14N2O4S/c18-13-2-1-6-17(13)14(19)5-7-21-15(20)10-3-4-11-12(8-10)22-9-16-11/h3-4,8-9H,1-2,5-7H2. The minimum absolute atomic E-state index is 0.0256. The van der Waals surface area contributed by atoms with Crippen molar-refractivity contribution < 1.29 is 19.1 Å². The van der Waals surface area contributed by atoms with Gasteiger partial charge in [-0.1, -0.05) is 0 Å². The first-order chi connectivity index (χ1) is 10.6. The molecule has 114 valence electrons. The Hall–Kier alpha value is -2.28. The molecule has 2 aromatic rings. The molecule has 1 fully saturated rings. The molecule has 0 N–H and O–H groups in total. The van der Waals surface area contributed by atoms with Gasteiger partial charge in [-0.15, -0.1) is 11.3 Å². The molecule has 0 unspecified atom stereocenters. The summed E-state index contributed by atoms with van der Waals surface area (Å²) in [6.07, 6.45) is 1.15. The van der Waals surface area contributed by atoms with Gasteiger partial charge >= 0.3 is 5.97 Å². The van der Waals surface area contributed by atoms with Crippen molar-refractivity contribution in [1.82, 2.24) is 9.88 Å². The van der Waals surface area contributed by atoms with Crippen LogP contribution in [-0.4, -0.2) is 40.8 Å². The molecule has 2 amide bonds. The van der Waals surface area contributed by atoms with Crippen LogP contribution >= 0.6 is 11.3 Å². The van der Waals surface area contributed by atoms with E-state index in [1.807, 2.05) is 0 Å². The number of thiazole rings is 1. The van der Waals surface area contributed by atoms with Crippen LogP contribution in [0.2, 0.25) is 0 Å². The van der Waals surface area contributed by atoms with Crippen molar-refractivity contribution in [2.45, 2.75) is 19.3 Å². The number of carbonyl (C=O) groups is 3. The molecule has 1 aliphatic heterocycles. The average molecular weight is 318 g/mol. The van der Waals surface area contributed by atoms with Crippen LogP contribution in [0.4, 0.5) is 0 Å². The van der Waals surface area contributed by atoms with E-state index in [2.05, 4.69) is 4.98 Å². The molecule has 7 heteroatoms. The first kappa shape index (κ1) is 14.6. The Morgan fingerprint density at radius 3 is 3.00 bits per heavy atom. The minimum Gasteiger partial charge on any atom is -0.462 e. The fourth-order valence-electron chi connectivity index (χ4n) is 2.34. The molecule has 2 heterocycles. The van der Waals surface area contributed by atoms with Gasteiger partial charge < -0.3 is 4.74 Å². The summed E-state index contributed by atoms with van der Waals surface area (Å²) < 4.78 is 6.02. The third-order valence-corrected chi connectivity index (χ3v) is 4.28. The number of esters is 1. The van der Waals surface area contributed by atoms with Crippen LogP contribution in [0.25, 0.3) is 10.2 Å². The molecular formula is C15H14N2O4S. The molecule has 0 bridgehead atoms. The van der Waals surface area contributed by atoms with Gasteiger partial charge in [0.2, 0.25) is 11.8 Å². The predicted molar refractivity (Wildman–Crippen MR) is 80.5 cm³/mol. The van der Waals surface area contributed by atoms with Crippen LogP contribution < -0.4 is 0 Å². The zero-order valence-corrected chi connectivity index (χ0v) is 12.6. The quantitative estimate of drug-likeness (QED) is 0.806. The Bertz CT molecular complexity index is 740. The van der Waals surface area contributed by atoms with Crippen molar-refractivity contribution >= 4 is 39.3 Å². The molecule has 3 rings (SSSR count). The summed E-state index contributed by atoms with van der Waals surface area (Å²) in [7, 11) is 0. The van der Waals surface area contributed by atoms with Crippen molar-refractivity contribution in [3.8, 4) is 0 Å². The highest BCUT2D eigenvalue weighted by molar-refractivity contribution is 7.16. The van der Waals surface area contributed by atoms with Crippen molar-refractivity contribution in [2.24, 2.45) is 0 Å². The number of benzene rings is 1. The Morgan fingerprint density at radius 1 is 1.36 bits per heavy atom. The third kappa shape index (κ3) is 2.99. The number of imide groups is 1. The highest BCUT2D eigenvalue weighted by atomic mass is 32.1. The Kier molecular flexibility index (Phi) is 4.15. The number of ether oxygens (including phenoxy) is 1. The number of nitrogens with zero attached hydrogens (tertiary/aromatic N) is 2. The lowest BCUT2D eigenvalue weighted by Gasteiger charge is -2.13. The van der Waals surface area contributed by atoms with E-state index in [9.17, 15) is 14.4 Å². The first-order valence-corrected chi connectivity index (χ1v) is 7.87. The van der Waals surface area contributed by atoms with Crippen molar-refractivity contribution in [1.29, 1.82) is 0 Å². The number of hydrogen-bond donors (Lipinski definition) is 0. The van der Waals surface area contributed by atoms with E-state index in [4.69, 9.17) is 4.74 Å². The lowest BCUT2D eigenvalue weighted by atomic mass is 10.2. The zero-order chi connectivity index (χ0) is 15.5. The Labute approximate surface area is 130 Å². The predicted octanol–water partition coefficient (Wildman–Crippen LogP) is 1.99. The molecule has 22 heavy (non-hydrogen) atoms. The molecule has 1 saturated heterocycles. The summed E-state index contributed by atoms with van der Waals surface area (Å²) in [6, 6.07) is 5.13. The van der Waals surface area contributed by atoms with Gasteiger partial charge in [0.15, 0.2) is 0 Å². The van der Waals surface area contributed by atoms with Crippen LogP contribution in [0.5, 0.6) is 0 Å². The summed E-state index contributed by atoms with van der Waals surface area (Å²) in [5, 5.41) is 0. The van der Waals surface area contributed by atoms with E-state index in [0.717, 1.165) is 10.2 Å². The molecule has 0 radical (unpaired) electrons. The molecule has 0 aliphatic carbocycles. The fraction of sp³-hybridized carbons (Fsp3) is 0.333. The molecule has 6 nitrogen and oxygen atoms in total. The molecule has 1 aliphatic rings. The monoisotopic (exact) mass is 318 g/mol. The highest BCUT2D eigenvalue weighted by Gasteiger charge is 2.26. The lowest BCUT2D eigenvalue weighted by molar-refractivity contribution is -0.142. The number of amides is 2. The van der Waals surface area contributed by atoms with E-state index in [0.29, 0.717) is 24.9 Å². The number of hydrogen-bond acceptors (Lipinski definition) is 6.